The Kier molecular flexibility index (Phi) is 4.85. The van der Waals surface area contributed by atoms with Crippen molar-refractivity contribution >= 4 is 22.0 Å². The number of aliphatic hydroxyl groups excluding tert-OH is 1. The molecule has 0 aliphatic heterocycles. The van der Waals surface area contributed by atoms with Crippen LogP contribution in [0.15, 0.2) is 0 Å². The first-order valence-electron chi connectivity index (χ1n) is 4.91. The highest BCUT2D eigenvalue weighted by Crippen LogP contribution is 2.19. The van der Waals surface area contributed by atoms with Gasteiger partial charge >= 0.3 is 0 Å². The van der Waals surface area contributed by atoms with Crippen molar-refractivity contribution in [2.45, 2.75) is 37.1 Å². The number of rotatable bonds is 7. The lowest BCUT2D eigenvalue weighted by Gasteiger charge is -2.21. The van der Waals surface area contributed by atoms with Crippen molar-refractivity contribution in [3.8, 4) is 0 Å². The van der Waals surface area contributed by atoms with Crippen LogP contribution in [0.5, 0.6) is 0 Å². The molecule has 1 aliphatic rings. The van der Waals surface area contributed by atoms with E-state index in [0.29, 0.717) is 0 Å². The normalized spacial score (nSPS) is 21.3. The molecule has 0 aromatic heterocycles. The average molecular weight is 254 g/mol. The van der Waals surface area contributed by atoms with Crippen molar-refractivity contribution in [1.29, 1.82) is 0 Å². The molecular weight excluding hydrogens is 236 g/mol. The highest BCUT2D eigenvalue weighted by molar-refractivity contribution is 7.99. The van der Waals surface area contributed by atoms with Gasteiger partial charge in [-0.05, 0) is 26.0 Å². The highest BCUT2D eigenvalue weighted by atomic mass is 32.2. The molecule has 2 atom stereocenters. The van der Waals surface area contributed by atoms with E-state index < -0.39 is 10.2 Å². The van der Waals surface area contributed by atoms with Crippen LogP contribution in [0.1, 0.15) is 19.8 Å². The largest absolute Gasteiger partial charge is 0.395 e. The second-order valence-corrected chi connectivity index (χ2v) is 6.31. The summed E-state index contributed by atoms with van der Waals surface area (Å²) in [4.78, 5) is 0. The Morgan fingerprint density at radius 1 is 1.53 bits per heavy atom. The monoisotopic (exact) mass is 254 g/mol. The molecule has 0 radical (unpaired) electrons. The van der Waals surface area contributed by atoms with Crippen molar-refractivity contribution in [3.05, 3.63) is 0 Å². The van der Waals surface area contributed by atoms with Gasteiger partial charge in [0.25, 0.3) is 10.2 Å². The minimum absolute atomic E-state index is 0.0335. The Hall–Kier alpha value is 0.180. The van der Waals surface area contributed by atoms with E-state index in [9.17, 15) is 8.42 Å². The lowest BCUT2D eigenvalue weighted by Crippen LogP contribution is -2.47. The van der Waals surface area contributed by atoms with E-state index in [0.717, 1.165) is 12.8 Å². The van der Waals surface area contributed by atoms with Gasteiger partial charge in [-0.15, -0.1) is 0 Å². The number of nitrogens with one attached hydrogen (secondary N) is 2. The zero-order valence-corrected chi connectivity index (χ0v) is 10.6. The van der Waals surface area contributed by atoms with Crippen LogP contribution in [0, 0.1) is 0 Å². The molecule has 15 heavy (non-hydrogen) atoms. The van der Waals surface area contributed by atoms with Gasteiger partial charge in [-0.3, -0.25) is 0 Å². The molecule has 1 saturated carbocycles. The van der Waals surface area contributed by atoms with Gasteiger partial charge in [0.15, 0.2) is 0 Å². The Morgan fingerprint density at radius 3 is 2.53 bits per heavy atom. The summed E-state index contributed by atoms with van der Waals surface area (Å²) >= 11 is 1.45. The molecule has 0 aromatic carbocycles. The number of thioether (sulfide) groups is 1. The molecular formula is C8H18N2O3S2. The Bertz CT molecular complexity index is 286. The first kappa shape index (κ1) is 13.2. The molecule has 2 unspecified atom stereocenters. The van der Waals surface area contributed by atoms with Crippen molar-refractivity contribution < 1.29 is 13.5 Å². The number of hydrogen-bond donors (Lipinski definition) is 3. The van der Waals surface area contributed by atoms with E-state index in [1.165, 1.54) is 11.8 Å². The summed E-state index contributed by atoms with van der Waals surface area (Å²) in [5.41, 5.74) is 0. The lowest BCUT2D eigenvalue weighted by atomic mass is 10.3. The highest BCUT2D eigenvalue weighted by Gasteiger charge is 2.28. The molecule has 0 heterocycles. The maximum absolute atomic E-state index is 11.5. The second kappa shape index (κ2) is 5.49. The topological polar surface area (TPSA) is 78.4 Å². The van der Waals surface area contributed by atoms with E-state index in [1.807, 2.05) is 6.26 Å². The predicted molar refractivity (Wildman–Crippen MR) is 62.1 cm³/mol. The molecule has 0 bridgehead atoms. The molecule has 3 N–H and O–H groups in total. The summed E-state index contributed by atoms with van der Waals surface area (Å²) in [7, 11) is -3.41. The van der Waals surface area contributed by atoms with Gasteiger partial charge in [0.2, 0.25) is 0 Å². The summed E-state index contributed by atoms with van der Waals surface area (Å²) in [5.74, 6) is 0. The predicted octanol–water partition coefficient (Wildman–Crippen LogP) is -0.315. The van der Waals surface area contributed by atoms with Crippen LogP contribution in [0.3, 0.4) is 0 Å². The van der Waals surface area contributed by atoms with Crippen molar-refractivity contribution in [1.82, 2.24) is 9.44 Å². The van der Waals surface area contributed by atoms with Crippen LogP contribution in [0.4, 0.5) is 0 Å². The third-order valence-electron chi connectivity index (χ3n) is 2.28. The molecule has 1 fully saturated rings. The summed E-state index contributed by atoms with van der Waals surface area (Å²) in [6.45, 7) is 1.72. The SMILES string of the molecule is CSC(CO)C(C)NS(=O)(=O)NC1CC1. The van der Waals surface area contributed by atoms with Gasteiger partial charge < -0.3 is 5.11 Å². The minimum Gasteiger partial charge on any atom is -0.395 e. The molecule has 0 spiro atoms. The standard InChI is InChI=1S/C8H18N2O3S2/c1-6(8(5-11)14-2)9-15(12,13)10-7-3-4-7/h6-11H,3-5H2,1-2H3. The summed E-state index contributed by atoms with van der Waals surface area (Å²) in [6, 6.07) is -0.169. The fraction of sp³-hybridized carbons (Fsp3) is 1.00. The average Bonchev–Trinajstić information content (AvgIpc) is 2.88. The quantitative estimate of drug-likeness (QED) is 0.582. The summed E-state index contributed by atoms with van der Waals surface area (Å²) < 4.78 is 28.1. The van der Waals surface area contributed by atoms with Crippen molar-refractivity contribution in [2.75, 3.05) is 12.9 Å². The van der Waals surface area contributed by atoms with E-state index >= 15 is 0 Å². The van der Waals surface area contributed by atoms with E-state index in [2.05, 4.69) is 9.44 Å². The zero-order valence-electron chi connectivity index (χ0n) is 8.93. The summed E-state index contributed by atoms with van der Waals surface area (Å²) in [5, 5.41) is 8.90. The van der Waals surface area contributed by atoms with Gasteiger partial charge in [0.1, 0.15) is 0 Å². The number of hydrogen-bond acceptors (Lipinski definition) is 4. The third kappa shape index (κ3) is 4.69. The summed E-state index contributed by atoms with van der Waals surface area (Å²) in [6.07, 6.45) is 3.68. The first-order chi connectivity index (χ1) is 6.98. The van der Waals surface area contributed by atoms with Crippen LogP contribution in [0.2, 0.25) is 0 Å². The molecule has 7 heteroatoms. The zero-order chi connectivity index (χ0) is 11.5. The molecule has 1 aliphatic carbocycles. The maximum Gasteiger partial charge on any atom is 0.277 e. The van der Waals surface area contributed by atoms with Crippen LogP contribution in [-0.4, -0.2) is 43.7 Å². The van der Waals surface area contributed by atoms with Gasteiger partial charge in [-0.2, -0.15) is 29.6 Å². The smallest absolute Gasteiger partial charge is 0.277 e. The minimum atomic E-state index is -3.41. The third-order valence-corrected chi connectivity index (χ3v) is 4.77. The van der Waals surface area contributed by atoms with Crippen LogP contribution < -0.4 is 9.44 Å². The Labute approximate surface area is 95.2 Å². The molecule has 0 aromatic rings. The van der Waals surface area contributed by atoms with E-state index in [1.54, 1.807) is 6.92 Å². The molecule has 90 valence electrons. The van der Waals surface area contributed by atoms with Crippen LogP contribution in [0.25, 0.3) is 0 Å². The molecule has 1 rings (SSSR count). The maximum atomic E-state index is 11.5. The van der Waals surface area contributed by atoms with E-state index in [4.69, 9.17) is 5.11 Å². The van der Waals surface area contributed by atoms with Crippen molar-refractivity contribution in [2.24, 2.45) is 0 Å². The molecule has 0 amide bonds. The Balaban J connectivity index is 2.43. The van der Waals surface area contributed by atoms with Crippen molar-refractivity contribution in [3.63, 3.8) is 0 Å². The van der Waals surface area contributed by atoms with E-state index in [-0.39, 0.29) is 23.9 Å². The van der Waals surface area contributed by atoms with Crippen LogP contribution >= 0.6 is 11.8 Å². The van der Waals surface area contributed by atoms with Gasteiger partial charge in [0, 0.05) is 17.3 Å². The first-order valence-corrected chi connectivity index (χ1v) is 7.69. The van der Waals surface area contributed by atoms with Crippen LogP contribution in [-0.2, 0) is 10.2 Å². The van der Waals surface area contributed by atoms with Gasteiger partial charge in [0.05, 0.1) is 6.61 Å². The molecule has 0 saturated heterocycles. The van der Waals surface area contributed by atoms with Gasteiger partial charge in [-0.25, -0.2) is 0 Å². The fourth-order valence-corrected chi connectivity index (χ4v) is 3.32. The van der Waals surface area contributed by atoms with Gasteiger partial charge in [-0.1, -0.05) is 0 Å². The Morgan fingerprint density at radius 2 is 2.13 bits per heavy atom. The second-order valence-electron chi connectivity index (χ2n) is 3.76. The number of aliphatic hydroxyl groups is 1. The molecule has 5 nitrogen and oxygen atoms in total. The fourth-order valence-electron chi connectivity index (χ4n) is 1.21. The lowest BCUT2D eigenvalue weighted by molar-refractivity contribution is 0.282.